The number of piperidine rings is 1. The number of nitrogens with zero attached hydrogens (tertiary/aromatic N) is 2. The van der Waals surface area contributed by atoms with E-state index in [4.69, 9.17) is 4.74 Å². The highest BCUT2D eigenvalue weighted by atomic mass is 16.5. The van der Waals surface area contributed by atoms with E-state index in [1.54, 1.807) is 19.1 Å². The molecule has 22 heavy (non-hydrogen) atoms. The normalized spacial score (nSPS) is 17.1. The maximum Gasteiger partial charge on any atom is 0.326 e. The van der Waals surface area contributed by atoms with Crippen LogP contribution in [0.1, 0.15) is 38.6 Å². The lowest BCUT2D eigenvalue weighted by molar-refractivity contribution is -0.141. The van der Waals surface area contributed by atoms with E-state index < -0.39 is 12.0 Å². The highest BCUT2D eigenvalue weighted by Crippen LogP contribution is 2.12. The SMILES string of the molecule is CCC(C(=O)O)n1cccc(OCCN2CCCCC2)c1=O. The number of rotatable bonds is 7. The maximum absolute atomic E-state index is 12.3. The van der Waals surface area contributed by atoms with Gasteiger partial charge < -0.3 is 9.84 Å². The molecule has 1 fully saturated rings. The Labute approximate surface area is 130 Å². The van der Waals surface area contributed by atoms with Crippen LogP contribution in [-0.4, -0.2) is 46.8 Å². The second-order valence-electron chi connectivity index (χ2n) is 5.60. The molecule has 1 aliphatic rings. The summed E-state index contributed by atoms with van der Waals surface area (Å²) in [5.74, 6) is -0.783. The van der Waals surface area contributed by atoms with Gasteiger partial charge in [0.15, 0.2) is 5.75 Å². The molecule has 0 saturated carbocycles. The second kappa shape index (κ2) is 7.98. The van der Waals surface area contributed by atoms with Crippen LogP contribution in [0, 0.1) is 0 Å². The standard InChI is InChI=1S/C16H24N2O4/c1-2-13(16(20)21)18-10-6-7-14(15(18)19)22-12-11-17-8-4-3-5-9-17/h6-7,10,13H,2-5,8-9,11-12H2,1H3,(H,20,21). The van der Waals surface area contributed by atoms with Crippen molar-refractivity contribution >= 4 is 5.97 Å². The number of carboxylic acids is 1. The van der Waals surface area contributed by atoms with E-state index in [-0.39, 0.29) is 11.3 Å². The Bertz CT molecular complexity index is 549. The summed E-state index contributed by atoms with van der Waals surface area (Å²) in [4.78, 5) is 25.9. The van der Waals surface area contributed by atoms with Gasteiger partial charge in [0, 0.05) is 12.7 Å². The topological polar surface area (TPSA) is 71.8 Å². The van der Waals surface area contributed by atoms with Gasteiger partial charge in [-0.25, -0.2) is 4.79 Å². The van der Waals surface area contributed by atoms with Gasteiger partial charge in [0.2, 0.25) is 0 Å². The van der Waals surface area contributed by atoms with Gasteiger partial charge in [0.25, 0.3) is 5.56 Å². The smallest absolute Gasteiger partial charge is 0.326 e. The van der Waals surface area contributed by atoms with E-state index in [9.17, 15) is 14.7 Å². The molecular formula is C16H24N2O4. The molecule has 122 valence electrons. The first-order valence-corrected chi connectivity index (χ1v) is 7.92. The number of carboxylic acid groups (broad SMARTS) is 1. The van der Waals surface area contributed by atoms with Crippen LogP contribution in [0.5, 0.6) is 5.75 Å². The Morgan fingerprint density at radius 2 is 2.09 bits per heavy atom. The molecule has 0 aliphatic carbocycles. The summed E-state index contributed by atoms with van der Waals surface area (Å²) in [6.45, 7) is 5.15. The lowest BCUT2D eigenvalue weighted by Gasteiger charge is -2.26. The predicted molar refractivity (Wildman–Crippen MR) is 83.5 cm³/mol. The monoisotopic (exact) mass is 308 g/mol. The molecular weight excluding hydrogens is 284 g/mol. The summed E-state index contributed by atoms with van der Waals surface area (Å²) in [5.41, 5.74) is -0.379. The Morgan fingerprint density at radius 3 is 2.73 bits per heavy atom. The van der Waals surface area contributed by atoms with Crippen molar-refractivity contribution < 1.29 is 14.6 Å². The van der Waals surface area contributed by atoms with Crippen molar-refractivity contribution in [3.05, 3.63) is 28.7 Å². The second-order valence-corrected chi connectivity index (χ2v) is 5.60. The minimum atomic E-state index is -1.00. The van der Waals surface area contributed by atoms with E-state index in [2.05, 4.69) is 4.90 Å². The van der Waals surface area contributed by atoms with Gasteiger partial charge in [0.1, 0.15) is 12.6 Å². The Hall–Kier alpha value is -1.82. The summed E-state index contributed by atoms with van der Waals surface area (Å²) in [7, 11) is 0. The predicted octanol–water partition coefficient (Wildman–Crippen LogP) is 1.75. The van der Waals surface area contributed by atoms with Crippen molar-refractivity contribution in [2.45, 2.75) is 38.6 Å². The number of hydrogen-bond acceptors (Lipinski definition) is 4. The van der Waals surface area contributed by atoms with Crippen molar-refractivity contribution in [1.29, 1.82) is 0 Å². The van der Waals surface area contributed by atoms with Crippen molar-refractivity contribution in [1.82, 2.24) is 9.47 Å². The van der Waals surface area contributed by atoms with Gasteiger partial charge in [-0.1, -0.05) is 13.3 Å². The Morgan fingerprint density at radius 1 is 1.36 bits per heavy atom. The van der Waals surface area contributed by atoms with Crippen LogP contribution in [-0.2, 0) is 4.79 Å². The highest BCUT2D eigenvalue weighted by Gasteiger charge is 2.19. The summed E-state index contributed by atoms with van der Waals surface area (Å²) in [6, 6.07) is 2.41. The minimum absolute atomic E-state index is 0.221. The maximum atomic E-state index is 12.3. The molecule has 2 rings (SSSR count). The van der Waals surface area contributed by atoms with Crippen LogP contribution in [0.15, 0.2) is 23.1 Å². The summed E-state index contributed by atoms with van der Waals surface area (Å²) in [5, 5.41) is 9.18. The van der Waals surface area contributed by atoms with Gasteiger partial charge >= 0.3 is 5.97 Å². The lowest BCUT2D eigenvalue weighted by Crippen LogP contribution is -2.34. The van der Waals surface area contributed by atoms with Crippen LogP contribution >= 0.6 is 0 Å². The molecule has 0 amide bonds. The highest BCUT2D eigenvalue weighted by molar-refractivity contribution is 5.71. The molecule has 0 radical (unpaired) electrons. The third kappa shape index (κ3) is 4.10. The number of pyridine rings is 1. The van der Waals surface area contributed by atoms with Gasteiger partial charge in [-0.05, 0) is 44.5 Å². The van der Waals surface area contributed by atoms with E-state index in [1.807, 2.05) is 0 Å². The molecule has 0 bridgehead atoms. The zero-order chi connectivity index (χ0) is 15.9. The van der Waals surface area contributed by atoms with E-state index in [1.165, 1.54) is 30.0 Å². The van der Waals surface area contributed by atoms with Crippen LogP contribution in [0.4, 0.5) is 0 Å². The first-order valence-electron chi connectivity index (χ1n) is 7.92. The third-order valence-corrected chi connectivity index (χ3v) is 4.06. The minimum Gasteiger partial charge on any atom is -0.487 e. The average molecular weight is 308 g/mol. The van der Waals surface area contributed by atoms with Crippen LogP contribution in [0.2, 0.25) is 0 Å². The first-order chi connectivity index (χ1) is 10.6. The molecule has 1 N–H and O–H groups in total. The van der Waals surface area contributed by atoms with E-state index in [0.29, 0.717) is 13.0 Å². The molecule has 1 aromatic heterocycles. The number of aliphatic carboxylic acids is 1. The molecule has 1 aliphatic heterocycles. The largest absolute Gasteiger partial charge is 0.487 e. The molecule has 6 nitrogen and oxygen atoms in total. The zero-order valence-corrected chi connectivity index (χ0v) is 13.0. The van der Waals surface area contributed by atoms with Crippen molar-refractivity contribution in [3.8, 4) is 5.75 Å². The third-order valence-electron chi connectivity index (χ3n) is 4.06. The number of ether oxygens (including phenoxy) is 1. The zero-order valence-electron chi connectivity index (χ0n) is 13.0. The molecule has 6 heteroatoms. The van der Waals surface area contributed by atoms with Crippen molar-refractivity contribution in [2.24, 2.45) is 0 Å². The van der Waals surface area contributed by atoms with Crippen LogP contribution in [0.3, 0.4) is 0 Å². The first kappa shape index (κ1) is 16.5. The quantitative estimate of drug-likeness (QED) is 0.831. The van der Waals surface area contributed by atoms with E-state index in [0.717, 1.165) is 19.6 Å². The number of likely N-dealkylation sites (tertiary alicyclic amines) is 1. The summed E-state index contributed by atoms with van der Waals surface area (Å²) < 4.78 is 6.82. The molecule has 1 atom stereocenters. The number of hydrogen-bond donors (Lipinski definition) is 1. The summed E-state index contributed by atoms with van der Waals surface area (Å²) >= 11 is 0. The fourth-order valence-corrected chi connectivity index (χ4v) is 2.80. The molecule has 1 saturated heterocycles. The molecule has 1 unspecified atom stereocenters. The number of aromatic nitrogens is 1. The van der Waals surface area contributed by atoms with Crippen molar-refractivity contribution in [3.63, 3.8) is 0 Å². The van der Waals surface area contributed by atoms with Gasteiger partial charge in [0.05, 0.1) is 0 Å². The number of carbonyl (C=O) groups is 1. The molecule has 0 spiro atoms. The molecule has 1 aromatic rings. The molecule has 0 aromatic carbocycles. The molecule has 2 heterocycles. The van der Waals surface area contributed by atoms with Crippen molar-refractivity contribution in [2.75, 3.05) is 26.2 Å². The Balaban J connectivity index is 1.99. The van der Waals surface area contributed by atoms with Crippen LogP contribution < -0.4 is 10.3 Å². The van der Waals surface area contributed by atoms with Crippen LogP contribution in [0.25, 0.3) is 0 Å². The fourth-order valence-electron chi connectivity index (χ4n) is 2.80. The fraction of sp³-hybridized carbons (Fsp3) is 0.625. The van der Waals surface area contributed by atoms with Gasteiger partial charge in [-0.2, -0.15) is 0 Å². The Kier molecular flexibility index (Phi) is 6.00. The summed E-state index contributed by atoms with van der Waals surface area (Å²) in [6.07, 6.45) is 5.58. The van der Waals surface area contributed by atoms with Gasteiger partial charge in [-0.15, -0.1) is 0 Å². The lowest BCUT2D eigenvalue weighted by atomic mass is 10.1. The van der Waals surface area contributed by atoms with E-state index >= 15 is 0 Å². The van der Waals surface area contributed by atoms with Gasteiger partial charge in [-0.3, -0.25) is 14.3 Å². The average Bonchev–Trinajstić information content (AvgIpc) is 2.52.